The fourth-order valence-corrected chi connectivity index (χ4v) is 1.76. The third-order valence-corrected chi connectivity index (χ3v) is 2.88. The highest BCUT2D eigenvalue weighted by atomic mass is 16.6. The molecule has 1 aromatic rings. The van der Waals surface area contributed by atoms with Crippen LogP contribution in [-0.4, -0.2) is 58.6 Å². The number of para-hydroxylation sites is 1. The Labute approximate surface area is 143 Å². The molecule has 0 radical (unpaired) electrons. The van der Waals surface area contributed by atoms with Gasteiger partial charge in [-0.1, -0.05) is 30.0 Å². The molecule has 0 aliphatic carbocycles. The van der Waals surface area contributed by atoms with E-state index in [1.807, 2.05) is 30.3 Å². The van der Waals surface area contributed by atoms with Gasteiger partial charge in [0, 0.05) is 0 Å². The van der Waals surface area contributed by atoms with Crippen molar-refractivity contribution >= 4 is 11.4 Å². The van der Waals surface area contributed by atoms with Crippen molar-refractivity contribution in [2.24, 2.45) is 4.99 Å². The van der Waals surface area contributed by atoms with Crippen LogP contribution in [0.2, 0.25) is 0 Å². The zero-order chi connectivity index (χ0) is 16.7. The van der Waals surface area contributed by atoms with Crippen molar-refractivity contribution in [1.29, 1.82) is 0 Å². The summed E-state index contributed by atoms with van der Waals surface area (Å²) in [6.45, 7) is 3.74. The van der Waals surface area contributed by atoms with Crippen LogP contribution < -0.4 is 0 Å². The van der Waals surface area contributed by atoms with Crippen LogP contribution in [0.3, 0.4) is 0 Å². The summed E-state index contributed by atoms with van der Waals surface area (Å²) in [7, 11) is 0. The number of benzene rings is 1. The van der Waals surface area contributed by atoms with Crippen molar-refractivity contribution in [2.45, 2.75) is 0 Å². The van der Waals surface area contributed by atoms with Gasteiger partial charge < -0.3 is 18.9 Å². The second kappa shape index (κ2) is 12.3. The number of aliphatic imine (C=N–C) groups is 1. The molecule has 24 heavy (non-hydrogen) atoms. The molecule has 126 valence electrons. The molecule has 5 heteroatoms. The normalized spacial score (nSPS) is 17.6. The van der Waals surface area contributed by atoms with Gasteiger partial charge in [-0.3, -0.25) is 0 Å². The van der Waals surface area contributed by atoms with Crippen molar-refractivity contribution in [3.8, 4) is 23.7 Å². The average Bonchev–Trinajstić information content (AvgIpc) is 2.61. The number of hydrogen-bond acceptors (Lipinski definition) is 5. The van der Waals surface area contributed by atoms with Crippen molar-refractivity contribution in [3.05, 3.63) is 30.3 Å². The van der Waals surface area contributed by atoms with E-state index in [2.05, 4.69) is 28.7 Å². The fourth-order valence-electron chi connectivity index (χ4n) is 1.76. The lowest BCUT2D eigenvalue weighted by Crippen LogP contribution is -2.11. The minimum Gasteiger partial charge on any atom is -0.377 e. The van der Waals surface area contributed by atoms with Gasteiger partial charge in [0.25, 0.3) is 0 Å². The van der Waals surface area contributed by atoms with E-state index < -0.39 is 0 Å². The topological polar surface area (TPSA) is 49.3 Å². The second-order valence-corrected chi connectivity index (χ2v) is 4.73. The van der Waals surface area contributed by atoms with E-state index in [1.54, 1.807) is 0 Å². The second-order valence-electron chi connectivity index (χ2n) is 4.73. The minimum absolute atomic E-state index is 0.311. The average molecular weight is 327 g/mol. The number of rotatable bonds is 1. The Bertz CT molecular complexity index is 585. The highest BCUT2D eigenvalue weighted by Crippen LogP contribution is 2.09. The molecule has 0 saturated carbocycles. The van der Waals surface area contributed by atoms with Crippen LogP contribution in [0.5, 0.6) is 0 Å². The summed E-state index contributed by atoms with van der Waals surface area (Å²) in [5.74, 6) is 11.7. The van der Waals surface area contributed by atoms with Gasteiger partial charge in [-0.2, -0.15) is 0 Å². The molecule has 5 nitrogen and oxygen atoms in total. The smallest absolute Gasteiger partial charge is 0.164 e. The SMILES string of the molecule is C1#CC(=Nc2ccccc2)C#CCOCCOCCOCCOC1. The third kappa shape index (κ3) is 8.47. The molecule has 0 aromatic heterocycles. The molecule has 0 atom stereocenters. The summed E-state index contributed by atoms with van der Waals surface area (Å²) >= 11 is 0. The Morgan fingerprint density at radius 2 is 1.17 bits per heavy atom. The van der Waals surface area contributed by atoms with Gasteiger partial charge in [0.05, 0.1) is 45.3 Å². The van der Waals surface area contributed by atoms with Crippen LogP contribution in [-0.2, 0) is 18.9 Å². The quantitative estimate of drug-likeness (QED) is 0.739. The van der Waals surface area contributed by atoms with Crippen LogP contribution in [0.15, 0.2) is 35.3 Å². The van der Waals surface area contributed by atoms with Gasteiger partial charge in [-0.25, -0.2) is 4.99 Å². The Morgan fingerprint density at radius 3 is 1.71 bits per heavy atom. The molecule has 0 N–H and O–H groups in total. The van der Waals surface area contributed by atoms with Gasteiger partial charge >= 0.3 is 0 Å². The van der Waals surface area contributed by atoms with E-state index in [0.717, 1.165) is 5.69 Å². The number of hydrogen-bond donors (Lipinski definition) is 0. The van der Waals surface area contributed by atoms with Crippen molar-refractivity contribution in [2.75, 3.05) is 52.9 Å². The van der Waals surface area contributed by atoms with Gasteiger partial charge in [0.15, 0.2) is 5.71 Å². The van der Waals surface area contributed by atoms with Gasteiger partial charge in [-0.05, 0) is 24.0 Å². The Morgan fingerprint density at radius 1 is 0.667 bits per heavy atom. The summed E-state index contributed by atoms with van der Waals surface area (Å²) in [6.07, 6.45) is 0. The summed E-state index contributed by atoms with van der Waals surface area (Å²) in [5, 5.41) is 0. The Hall–Kier alpha value is -2.15. The van der Waals surface area contributed by atoms with E-state index in [9.17, 15) is 0 Å². The summed E-state index contributed by atoms with van der Waals surface area (Å²) in [4.78, 5) is 4.45. The number of ether oxygens (including phenoxy) is 4. The highest BCUT2D eigenvalue weighted by molar-refractivity contribution is 6.14. The monoisotopic (exact) mass is 327 g/mol. The van der Waals surface area contributed by atoms with E-state index in [-0.39, 0.29) is 0 Å². The fraction of sp³-hybridized carbons (Fsp3) is 0.421. The molecular formula is C19H21NO4. The zero-order valence-corrected chi connectivity index (χ0v) is 13.6. The highest BCUT2D eigenvalue weighted by Gasteiger charge is 1.94. The molecule has 1 heterocycles. The maximum Gasteiger partial charge on any atom is 0.164 e. The summed E-state index contributed by atoms with van der Waals surface area (Å²) in [5.41, 5.74) is 1.30. The minimum atomic E-state index is 0.311. The first-order valence-electron chi connectivity index (χ1n) is 7.87. The van der Waals surface area contributed by atoms with E-state index in [1.165, 1.54) is 0 Å². The van der Waals surface area contributed by atoms with Crippen LogP contribution in [0.25, 0.3) is 0 Å². The van der Waals surface area contributed by atoms with Crippen molar-refractivity contribution < 1.29 is 18.9 Å². The molecule has 1 aliphatic heterocycles. The Kier molecular flexibility index (Phi) is 9.32. The first-order chi connectivity index (χ1) is 11.9. The van der Waals surface area contributed by atoms with Crippen molar-refractivity contribution in [3.63, 3.8) is 0 Å². The van der Waals surface area contributed by atoms with Gasteiger partial charge in [0.2, 0.25) is 0 Å². The molecule has 1 aliphatic rings. The predicted molar refractivity (Wildman–Crippen MR) is 92.4 cm³/mol. The maximum atomic E-state index is 5.39. The van der Waals surface area contributed by atoms with Gasteiger partial charge in [-0.15, -0.1) is 0 Å². The molecule has 0 amide bonds. The van der Waals surface area contributed by atoms with Crippen LogP contribution >= 0.6 is 0 Å². The molecule has 0 saturated heterocycles. The predicted octanol–water partition coefficient (Wildman–Crippen LogP) is 1.85. The van der Waals surface area contributed by atoms with Gasteiger partial charge in [0.1, 0.15) is 13.2 Å². The largest absolute Gasteiger partial charge is 0.377 e. The Balaban J connectivity index is 2.00. The number of nitrogens with zero attached hydrogens (tertiary/aromatic N) is 1. The lowest BCUT2D eigenvalue weighted by molar-refractivity contribution is 0.00487. The van der Waals surface area contributed by atoms with Crippen LogP contribution in [0.4, 0.5) is 5.69 Å². The molecular weight excluding hydrogens is 306 g/mol. The first-order valence-corrected chi connectivity index (χ1v) is 7.87. The van der Waals surface area contributed by atoms with E-state index >= 15 is 0 Å². The molecule has 0 spiro atoms. The lowest BCUT2D eigenvalue weighted by Gasteiger charge is -2.05. The van der Waals surface area contributed by atoms with Crippen LogP contribution in [0, 0.1) is 23.7 Å². The standard InChI is InChI=1S/C19H21NO4/c1-2-6-18(7-3-1)20-19-8-4-10-21-12-14-23-16-17-24-15-13-22-11-5-9-19/h1-3,6-7H,10-17H2. The van der Waals surface area contributed by atoms with Crippen molar-refractivity contribution in [1.82, 2.24) is 0 Å². The third-order valence-electron chi connectivity index (χ3n) is 2.88. The zero-order valence-electron chi connectivity index (χ0n) is 13.6. The molecule has 0 bridgehead atoms. The molecule has 0 unspecified atom stereocenters. The first kappa shape index (κ1) is 18.2. The summed E-state index contributed by atoms with van der Waals surface area (Å²) < 4.78 is 21.5. The maximum absolute atomic E-state index is 5.39. The molecule has 2 rings (SSSR count). The molecule has 0 fully saturated rings. The summed E-state index contributed by atoms with van der Waals surface area (Å²) in [6, 6.07) is 9.59. The van der Waals surface area contributed by atoms with E-state index in [0.29, 0.717) is 58.6 Å². The lowest BCUT2D eigenvalue weighted by atomic mass is 10.3. The van der Waals surface area contributed by atoms with E-state index in [4.69, 9.17) is 18.9 Å². The van der Waals surface area contributed by atoms with Crippen LogP contribution in [0.1, 0.15) is 0 Å². The molecule has 1 aromatic carbocycles.